The Labute approximate surface area is 203 Å². The highest BCUT2D eigenvalue weighted by Crippen LogP contribution is 2.47. The van der Waals surface area contributed by atoms with Crippen molar-refractivity contribution >= 4 is 5.97 Å². The number of hydrogen-bond donors (Lipinski definition) is 2. The van der Waals surface area contributed by atoms with Gasteiger partial charge in [0.05, 0.1) is 0 Å². The lowest BCUT2D eigenvalue weighted by atomic mass is 9.70. The molecule has 2 unspecified atom stereocenters. The first-order valence-electron chi connectivity index (χ1n) is 13.7. The van der Waals surface area contributed by atoms with Crippen molar-refractivity contribution in [3.05, 3.63) is 48.0 Å². The van der Waals surface area contributed by atoms with Crippen LogP contribution in [0.25, 0.3) is 0 Å². The van der Waals surface area contributed by atoms with Crippen LogP contribution in [0.15, 0.2) is 42.5 Å². The van der Waals surface area contributed by atoms with Crippen LogP contribution >= 0.6 is 0 Å². The van der Waals surface area contributed by atoms with E-state index in [-0.39, 0.29) is 11.3 Å². The minimum Gasteiger partial charge on any atom is -0.481 e. The second-order valence-corrected chi connectivity index (χ2v) is 10.4. The van der Waals surface area contributed by atoms with Crippen LogP contribution in [-0.2, 0) is 10.2 Å². The van der Waals surface area contributed by atoms with Gasteiger partial charge >= 0.3 is 5.97 Å². The molecule has 1 aliphatic rings. The SMILES string of the molecule is CCCCCCC=CCCCC(CNC)CC(CC(=O)O)CC1(c2ccccc2)CCCC1. The minimum atomic E-state index is -0.643. The molecule has 0 radical (unpaired) electrons. The highest BCUT2D eigenvalue weighted by molar-refractivity contribution is 5.67. The molecule has 0 saturated heterocycles. The minimum absolute atomic E-state index is 0.173. The van der Waals surface area contributed by atoms with Gasteiger partial charge in [-0.3, -0.25) is 4.79 Å². The molecule has 3 nitrogen and oxygen atoms in total. The fourth-order valence-corrected chi connectivity index (χ4v) is 6.00. The zero-order valence-corrected chi connectivity index (χ0v) is 21.4. The van der Waals surface area contributed by atoms with E-state index >= 15 is 0 Å². The van der Waals surface area contributed by atoms with Gasteiger partial charge in [0.15, 0.2) is 0 Å². The van der Waals surface area contributed by atoms with Crippen LogP contribution in [-0.4, -0.2) is 24.7 Å². The maximum absolute atomic E-state index is 11.8. The van der Waals surface area contributed by atoms with Crippen LogP contribution in [0.2, 0.25) is 0 Å². The first kappa shape index (κ1) is 27.6. The number of rotatable bonds is 18. The summed E-state index contributed by atoms with van der Waals surface area (Å²) in [5.41, 5.74) is 1.60. The average molecular weight is 456 g/mol. The van der Waals surface area contributed by atoms with E-state index in [1.54, 1.807) is 0 Å². The molecule has 2 atom stereocenters. The number of allylic oxidation sites excluding steroid dienone is 2. The molecule has 1 aromatic rings. The number of aliphatic carboxylic acids is 1. The van der Waals surface area contributed by atoms with Gasteiger partial charge in [0.25, 0.3) is 0 Å². The van der Waals surface area contributed by atoms with Gasteiger partial charge in [-0.25, -0.2) is 0 Å². The summed E-state index contributed by atoms with van der Waals surface area (Å²) in [7, 11) is 2.03. The summed E-state index contributed by atoms with van der Waals surface area (Å²) in [6.07, 6.45) is 22.0. The second-order valence-electron chi connectivity index (χ2n) is 10.4. The number of carboxylic acids is 1. The van der Waals surface area contributed by atoms with E-state index in [9.17, 15) is 9.90 Å². The first-order valence-corrected chi connectivity index (χ1v) is 13.7. The zero-order chi connectivity index (χ0) is 23.8. The molecule has 0 aliphatic heterocycles. The summed E-state index contributed by atoms with van der Waals surface area (Å²) in [5.74, 6) is 0.148. The molecule has 0 heterocycles. The number of nitrogens with one attached hydrogen (secondary N) is 1. The number of benzene rings is 1. The molecule has 1 aliphatic carbocycles. The van der Waals surface area contributed by atoms with Crippen LogP contribution in [0.1, 0.15) is 109 Å². The Morgan fingerprint density at radius 1 is 1.03 bits per heavy atom. The molecular formula is C30H49NO2. The smallest absolute Gasteiger partial charge is 0.303 e. The molecule has 0 bridgehead atoms. The summed E-state index contributed by atoms with van der Waals surface area (Å²) < 4.78 is 0. The Morgan fingerprint density at radius 2 is 1.73 bits per heavy atom. The fourth-order valence-electron chi connectivity index (χ4n) is 6.00. The van der Waals surface area contributed by atoms with Gasteiger partial charge in [-0.15, -0.1) is 0 Å². The maximum atomic E-state index is 11.8. The predicted molar refractivity (Wildman–Crippen MR) is 141 cm³/mol. The summed E-state index contributed by atoms with van der Waals surface area (Å²) in [6.45, 7) is 3.24. The quantitative estimate of drug-likeness (QED) is 0.175. The Bertz CT molecular complexity index is 663. The van der Waals surface area contributed by atoms with Crippen molar-refractivity contribution in [3.63, 3.8) is 0 Å². The van der Waals surface area contributed by atoms with Crippen molar-refractivity contribution in [2.45, 2.75) is 109 Å². The van der Waals surface area contributed by atoms with Gasteiger partial charge in [-0.1, -0.05) is 81.5 Å². The fraction of sp³-hybridized carbons (Fsp3) is 0.700. The standard InChI is InChI=1S/C30H49NO2/c1-3-4-5-6-7-8-9-10-12-17-26(25-31-2)22-27(23-29(32)33)24-30(20-15-16-21-30)28-18-13-11-14-19-28/h8-9,11,13-14,18-19,26-27,31H,3-7,10,12,15-17,20-25H2,1-2H3,(H,32,33). The van der Waals surface area contributed by atoms with Gasteiger partial charge in [-0.05, 0) is 94.2 Å². The molecule has 2 N–H and O–H groups in total. The van der Waals surface area contributed by atoms with E-state index in [4.69, 9.17) is 0 Å². The van der Waals surface area contributed by atoms with Crippen LogP contribution < -0.4 is 5.32 Å². The predicted octanol–water partition coefficient (Wildman–Crippen LogP) is 7.90. The molecule has 2 rings (SSSR count). The van der Waals surface area contributed by atoms with E-state index in [2.05, 4.69) is 54.7 Å². The lowest BCUT2D eigenvalue weighted by Crippen LogP contribution is -2.29. The van der Waals surface area contributed by atoms with Crippen molar-refractivity contribution in [1.82, 2.24) is 5.32 Å². The van der Waals surface area contributed by atoms with Gasteiger partial charge in [0.1, 0.15) is 0 Å². The van der Waals surface area contributed by atoms with Gasteiger partial charge in [-0.2, -0.15) is 0 Å². The van der Waals surface area contributed by atoms with Crippen molar-refractivity contribution in [2.75, 3.05) is 13.6 Å². The molecule has 1 fully saturated rings. The van der Waals surface area contributed by atoms with E-state index in [1.165, 1.54) is 76.2 Å². The number of unbranched alkanes of at least 4 members (excludes halogenated alkanes) is 5. The molecule has 3 heteroatoms. The van der Waals surface area contributed by atoms with Crippen molar-refractivity contribution in [1.29, 1.82) is 0 Å². The van der Waals surface area contributed by atoms with Crippen molar-refractivity contribution < 1.29 is 9.90 Å². The lowest BCUT2D eigenvalue weighted by molar-refractivity contribution is -0.138. The number of carbonyl (C=O) groups is 1. The lowest BCUT2D eigenvalue weighted by Gasteiger charge is -2.35. The Hall–Kier alpha value is -1.61. The summed E-state index contributed by atoms with van der Waals surface area (Å²) >= 11 is 0. The molecule has 33 heavy (non-hydrogen) atoms. The zero-order valence-electron chi connectivity index (χ0n) is 21.4. The number of carboxylic acid groups (broad SMARTS) is 1. The topological polar surface area (TPSA) is 49.3 Å². The van der Waals surface area contributed by atoms with Crippen molar-refractivity contribution in [3.8, 4) is 0 Å². The summed E-state index contributed by atoms with van der Waals surface area (Å²) in [6, 6.07) is 10.9. The molecule has 1 saturated carbocycles. The van der Waals surface area contributed by atoms with E-state index in [1.807, 2.05) is 7.05 Å². The van der Waals surface area contributed by atoms with Crippen LogP contribution in [0.3, 0.4) is 0 Å². The van der Waals surface area contributed by atoms with Crippen molar-refractivity contribution in [2.24, 2.45) is 11.8 Å². The van der Waals surface area contributed by atoms with Gasteiger partial charge < -0.3 is 10.4 Å². The third-order valence-corrected chi connectivity index (χ3v) is 7.62. The molecular weight excluding hydrogens is 406 g/mol. The summed E-state index contributed by atoms with van der Waals surface area (Å²) in [4.78, 5) is 11.8. The maximum Gasteiger partial charge on any atom is 0.303 e. The van der Waals surface area contributed by atoms with Gasteiger partial charge in [0.2, 0.25) is 0 Å². The Kier molecular flexibility index (Phi) is 13.5. The summed E-state index contributed by atoms with van der Waals surface area (Å²) in [5, 5.41) is 13.1. The van der Waals surface area contributed by atoms with E-state index < -0.39 is 5.97 Å². The number of hydrogen-bond acceptors (Lipinski definition) is 2. The second kappa shape index (κ2) is 16.1. The third-order valence-electron chi connectivity index (χ3n) is 7.62. The third kappa shape index (κ3) is 10.5. The normalized spacial score (nSPS) is 17.4. The molecule has 186 valence electrons. The van der Waals surface area contributed by atoms with Crippen LogP contribution in [0.4, 0.5) is 0 Å². The largest absolute Gasteiger partial charge is 0.481 e. The average Bonchev–Trinajstić information content (AvgIpc) is 3.28. The Morgan fingerprint density at radius 3 is 2.36 bits per heavy atom. The van der Waals surface area contributed by atoms with E-state index in [0.29, 0.717) is 12.3 Å². The van der Waals surface area contributed by atoms with Crippen LogP contribution in [0.5, 0.6) is 0 Å². The van der Waals surface area contributed by atoms with E-state index in [0.717, 1.165) is 25.8 Å². The Balaban J connectivity index is 1.92. The molecule has 0 amide bonds. The molecule has 0 spiro atoms. The monoisotopic (exact) mass is 455 g/mol. The van der Waals surface area contributed by atoms with Crippen LogP contribution in [0, 0.1) is 11.8 Å². The highest BCUT2D eigenvalue weighted by Gasteiger charge is 2.38. The molecule has 1 aromatic carbocycles. The van der Waals surface area contributed by atoms with Gasteiger partial charge in [0, 0.05) is 6.42 Å². The first-order chi connectivity index (χ1) is 16.1. The highest BCUT2D eigenvalue weighted by atomic mass is 16.4. The molecule has 0 aromatic heterocycles.